The molecular formula is C18H18ClNO4. The third kappa shape index (κ3) is 4.49. The molecule has 2 aromatic rings. The van der Waals surface area contributed by atoms with Crippen LogP contribution in [-0.4, -0.2) is 25.1 Å². The van der Waals surface area contributed by atoms with Gasteiger partial charge in [-0.3, -0.25) is 4.79 Å². The van der Waals surface area contributed by atoms with Crippen LogP contribution in [0.1, 0.15) is 22.8 Å². The van der Waals surface area contributed by atoms with Gasteiger partial charge < -0.3 is 14.8 Å². The van der Waals surface area contributed by atoms with Gasteiger partial charge in [0.25, 0.3) is 5.91 Å². The van der Waals surface area contributed by atoms with Crippen LogP contribution in [0.3, 0.4) is 0 Å². The third-order valence-corrected chi connectivity index (χ3v) is 3.63. The van der Waals surface area contributed by atoms with Gasteiger partial charge in [0.1, 0.15) is 5.75 Å². The molecule has 0 aliphatic carbocycles. The highest BCUT2D eigenvalue weighted by Crippen LogP contribution is 2.20. The highest BCUT2D eigenvalue weighted by molar-refractivity contribution is 6.30. The molecule has 2 rings (SSSR count). The fraction of sp³-hybridized carbons (Fsp3) is 0.222. The second-order valence-corrected chi connectivity index (χ2v) is 5.66. The Morgan fingerprint density at radius 2 is 1.92 bits per heavy atom. The number of halogens is 1. The number of carbonyl (C=O) groups is 2. The van der Waals surface area contributed by atoms with Crippen molar-refractivity contribution in [3.05, 3.63) is 58.6 Å². The maximum atomic E-state index is 12.3. The summed E-state index contributed by atoms with van der Waals surface area (Å²) in [4.78, 5) is 23.9. The second kappa shape index (κ2) is 7.84. The predicted octanol–water partition coefficient (Wildman–Crippen LogP) is 3.84. The molecule has 0 aromatic heterocycles. The summed E-state index contributed by atoms with van der Waals surface area (Å²) in [5, 5.41) is 3.29. The van der Waals surface area contributed by atoms with Gasteiger partial charge in [0.15, 0.2) is 6.10 Å². The fourth-order valence-corrected chi connectivity index (χ4v) is 2.21. The summed E-state index contributed by atoms with van der Waals surface area (Å²) in [7, 11) is 1.31. The van der Waals surface area contributed by atoms with Gasteiger partial charge in [-0.1, -0.05) is 23.7 Å². The first-order valence-electron chi connectivity index (χ1n) is 7.32. The van der Waals surface area contributed by atoms with Crippen molar-refractivity contribution in [3.8, 4) is 5.75 Å². The van der Waals surface area contributed by atoms with Crippen molar-refractivity contribution >= 4 is 29.2 Å². The first-order valence-corrected chi connectivity index (χ1v) is 7.70. The van der Waals surface area contributed by atoms with Gasteiger partial charge in [0.2, 0.25) is 0 Å². The van der Waals surface area contributed by atoms with Crippen molar-refractivity contribution in [2.24, 2.45) is 0 Å². The van der Waals surface area contributed by atoms with Crippen LogP contribution in [0.5, 0.6) is 5.75 Å². The Bertz CT molecular complexity index is 760. The van der Waals surface area contributed by atoms with E-state index in [0.29, 0.717) is 22.0 Å². The molecular weight excluding hydrogens is 330 g/mol. The summed E-state index contributed by atoms with van der Waals surface area (Å²) in [5.74, 6) is -0.293. The number of rotatable bonds is 5. The summed E-state index contributed by atoms with van der Waals surface area (Å²) in [5.41, 5.74) is 1.72. The van der Waals surface area contributed by atoms with Crippen molar-refractivity contribution in [1.82, 2.24) is 0 Å². The number of benzene rings is 2. The van der Waals surface area contributed by atoms with Crippen LogP contribution in [0, 0.1) is 6.92 Å². The summed E-state index contributed by atoms with van der Waals surface area (Å²) in [6.45, 7) is 3.47. The van der Waals surface area contributed by atoms with E-state index >= 15 is 0 Å². The zero-order valence-electron chi connectivity index (χ0n) is 13.6. The molecule has 2 aromatic carbocycles. The molecule has 0 unspecified atom stereocenters. The van der Waals surface area contributed by atoms with Gasteiger partial charge in [-0.05, 0) is 49.7 Å². The van der Waals surface area contributed by atoms with Crippen molar-refractivity contribution in [2.45, 2.75) is 20.0 Å². The number of carbonyl (C=O) groups excluding carboxylic acids is 2. The minimum Gasteiger partial charge on any atom is -0.481 e. The van der Waals surface area contributed by atoms with E-state index in [0.717, 1.165) is 5.56 Å². The van der Waals surface area contributed by atoms with Crippen molar-refractivity contribution in [2.75, 3.05) is 12.4 Å². The largest absolute Gasteiger partial charge is 0.481 e. The number of amides is 1. The molecule has 126 valence electrons. The molecule has 0 bridgehead atoms. The molecule has 0 saturated heterocycles. The van der Waals surface area contributed by atoms with E-state index in [2.05, 4.69) is 10.1 Å². The van der Waals surface area contributed by atoms with Gasteiger partial charge in [-0.15, -0.1) is 0 Å². The Hall–Kier alpha value is -2.53. The van der Waals surface area contributed by atoms with Crippen molar-refractivity contribution in [3.63, 3.8) is 0 Å². The second-order valence-electron chi connectivity index (χ2n) is 5.23. The van der Waals surface area contributed by atoms with Crippen LogP contribution in [-0.2, 0) is 9.53 Å². The summed E-state index contributed by atoms with van der Waals surface area (Å²) < 4.78 is 10.3. The maximum absolute atomic E-state index is 12.3. The average molecular weight is 348 g/mol. The number of esters is 1. The van der Waals surface area contributed by atoms with E-state index in [1.807, 2.05) is 6.92 Å². The number of methoxy groups -OCH3 is 1. The van der Waals surface area contributed by atoms with Crippen LogP contribution in [0.4, 0.5) is 5.69 Å². The zero-order chi connectivity index (χ0) is 17.7. The summed E-state index contributed by atoms with van der Waals surface area (Å²) in [6.07, 6.45) is -0.732. The topological polar surface area (TPSA) is 64.6 Å². The number of anilines is 1. The van der Waals surface area contributed by atoms with Gasteiger partial charge in [-0.25, -0.2) is 4.79 Å². The summed E-state index contributed by atoms with van der Waals surface area (Å²) in [6, 6.07) is 11.8. The first kappa shape index (κ1) is 17.8. The molecule has 0 spiro atoms. The predicted molar refractivity (Wildman–Crippen MR) is 92.7 cm³/mol. The quantitative estimate of drug-likeness (QED) is 0.834. The summed E-state index contributed by atoms with van der Waals surface area (Å²) >= 11 is 5.89. The first-order chi connectivity index (χ1) is 11.4. The SMILES string of the molecule is COC(=O)c1ccc(C)c(NC(=O)[C@H](C)Oc2cccc(Cl)c2)c1. The molecule has 1 atom stereocenters. The Balaban J connectivity index is 2.09. The normalized spacial score (nSPS) is 11.5. The van der Waals surface area contributed by atoms with Gasteiger partial charge >= 0.3 is 5.97 Å². The van der Waals surface area contributed by atoms with Crippen LogP contribution >= 0.6 is 11.6 Å². The maximum Gasteiger partial charge on any atom is 0.337 e. The number of nitrogens with one attached hydrogen (secondary N) is 1. The third-order valence-electron chi connectivity index (χ3n) is 3.39. The van der Waals surface area contributed by atoms with E-state index in [1.54, 1.807) is 49.4 Å². The van der Waals surface area contributed by atoms with Crippen LogP contribution < -0.4 is 10.1 Å². The molecule has 0 aliphatic heterocycles. The lowest BCUT2D eigenvalue weighted by Crippen LogP contribution is -2.30. The number of hydrogen-bond acceptors (Lipinski definition) is 4. The number of ether oxygens (including phenoxy) is 2. The van der Waals surface area contributed by atoms with Gasteiger partial charge in [0, 0.05) is 10.7 Å². The number of aryl methyl sites for hydroxylation is 1. The molecule has 0 heterocycles. The van der Waals surface area contributed by atoms with E-state index in [9.17, 15) is 9.59 Å². The number of hydrogen-bond donors (Lipinski definition) is 1. The molecule has 1 N–H and O–H groups in total. The smallest absolute Gasteiger partial charge is 0.337 e. The van der Waals surface area contributed by atoms with E-state index in [-0.39, 0.29) is 5.91 Å². The molecule has 0 radical (unpaired) electrons. The Kier molecular flexibility index (Phi) is 5.82. The lowest BCUT2D eigenvalue weighted by atomic mass is 10.1. The van der Waals surface area contributed by atoms with E-state index < -0.39 is 12.1 Å². The van der Waals surface area contributed by atoms with Crippen LogP contribution in [0.25, 0.3) is 0 Å². The Morgan fingerprint density at radius 3 is 2.58 bits per heavy atom. The van der Waals surface area contributed by atoms with Crippen molar-refractivity contribution < 1.29 is 19.1 Å². The molecule has 0 saturated carbocycles. The van der Waals surface area contributed by atoms with Gasteiger partial charge in [0.05, 0.1) is 12.7 Å². The van der Waals surface area contributed by atoms with E-state index in [1.165, 1.54) is 7.11 Å². The van der Waals surface area contributed by atoms with Crippen LogP contribution in [0.2, 0.25) is 5.02 Å². The van der Waals surface area contributed by atoms with Gasteiger partial charge in [-0.2, -0.15) is 0 Å². The molecule has 0 aliphatic rings. The minimum absolute atomic E-state index is 0.333. The molecule has 24 heavy (non-hydrogen) atoms. The zero-order valence-corrected chi connectivity index (χ0v) is 14.4. The molecule has 6 heteroatoms. The Morgan fingerprint density at radius 1 is 1.17 bits per heavy atom. The highest BCUT2D eigenvalue weighted by Gasteiger charge is 2.17. The fourth-order valence-electron chi connectivity index (χ4n) is 2.03. The molecule has 1 amide bonds. The van der Waals surface area contributed by atoms with E-state index in [4.69, 9.17) is 16.3 Å². The van der Waals surface area contributed by atoms with Crippen LogP contribution in [0.15, 0.2) is 42.5 Å². The molecule has 0 fully saturated rings. The minimum atomic E-state index is -0.732. The molecule has 5 nitrogen and oxygen atoms in total. The lowest BCUT2D eigenvalue weighted by Gasteiger charge is -2.16. The standard InChI is InChI=1S/C18H18ClNO4/c1-11-7-8-13(18(22)23-3)9-16(11)20-17(21)12(2)24-15-6-4-5-14(19)10-15/h4-10,12H,1-3H3,(H,20,21)/t12-/m0/s1. The Labute approximate surface area is 145 Å². The highest BCUT2D eigenvalue weighted by atomic mass is 35.5. The monoisotopic (exact) mass is 347 g/mol. The lowest BCUT2D eigenvalue weighted by molar-refractivity contribution is -0.122. The van der Waals surface area contributed by atoms with Crippen molar-refractivity contribution in [1.29, 1.82) is 0 Å². The average Bonchev–Trinajstić information content (AvgIpc) is 2.56.